The fourth-order valence-electron chi connectivity index (χ4n) is 3.36. The monoisotopic (exact) mass is 420 g/mol. The first-order valence-corrected chi connectivity index (χ1v) is 10.8. The summed E-state index contributed by atoms with van der Waals surface area (Å²) >= 11 is 1.47. The topological polar surface area (TPSA) is 80.8 Å². The Labute approximate surface area is 180 Å². The number of nitrogens with two attached hydrogens (primary N) is 1. The largest absolute Gasteiger partial charge is 0.378 e. The highest BCUT2D eigenvalue weighted by Crippen LogP contribution is 2.29. The first-order valence-electron chi connectivity index (χ1n) is 9.94. The second-order valence-electron chi connectivity index (χ2n) is 7.17. The van der Waals surface area contributed by atoms with Crippen LogP contribution in [0.15, 0.2) is 65.0 Å². The van der Waals surface area contributed by atoms with E-state index in [0.717, 1.165) is 24.3 Å². The second-order valence-corrected chi connectivity index (χ2v) is 8.00. The molecule has 1 aliphatic heterocycles. The van der Waals surface area contributed by atoms with E-state index in [1.165, 1.54) is 11.3 Å². The third-order valence-electron chi connectivity index (χ3n) is 5.18. The van der Waals surface area contributed by atoms with Gasteiger partial charge in [0.1, 0.15) is 0 Å². The van der Waals surface area contributed by atoms with Gasteiger partial charge in [-0.25, -0.2) is 4.98 Å². The number of hydrogen-bond acceptors (Lipinski definition) is 5. The average molecular weight is 421 g/mol. The van der Waals surface area contributed by atoms with Gasteiger partial charge in [0.25, 0.3) is 0 Å². The average Bonchev–Trinajstić information content (AvgIpc) is 3.27. The normalized spacial score (nSPS) is 15.8. The van der Waals surface area contributed by atoms with E-state index < -0.39 is 0 Å². The van der Waals surface area contributed by atoms with Gasteiger partial charge < -0.3 is 15.4 Å². The second kappa shape index (κ2) is 9.19. The molecular weight excluding hydrogens is 396 g/mol. The Kier molecular flexibility index (Phi) is 6.21. The van der Waals surface area contributed by atoms with Crippen molar-refractivity contribution >= 4 is 28.2 Å². The van der Waals surface area contributed by atoms with Gasteiger partial charge in [0.2, 0.25) is 5.13 Å². The SMILES string of the molecule is CC(c1cccc(C(=O)c2ccccc2)c1)c1csc(N=C(N)N2CCOCC2)n1. The first kappa shape index (κ1) is 20.3. The predicted octanol–water partition coefficient (Wildman–Crippen LogP) is 3.80. The number of carbonyl (C=O) groups is 1. The van der Waals surface area contributed by atoms with E-state index in [1.807, 2.05) is 64.9 Å². The molecule has 1 unspecified atom stereocenters. The summed E-state index contributed by atoms with van der Waals surface area (Å²) in [4.78, 5) is 23.9. The molecule has 0 saturated carbocycles. The van der Waals surface area contributed by atoms with Crippen LogP contribution >= 0.6 is 11.3 Å². The van der Waals surface area contributed by atoms with Crippen LogP contribution in [-0.4, -0.2) is 47.9 Å². The Morgan fingerprint density at radius 2 is 1.87 bits per heavy atom. The highest BCUT2D eigenvalue weighted by atomic mass is 32.1. The number of rotatable bonds is 5. The number of hydrogen-bond donors (Lipinski definition) is 1. The Balaban J connectivity index is 1.51. The van der Waals surface area contributed by atoms with Gasteiger partial charge in [0.15, 0.2) is 11.7 Å². The van der Waals surface area contributed by atoms with Crippen molar-refractivity contribution in [3.63, 3.8) is 0 Å². The van der Waals surface area contributed by atoms with Crippen LogP contribution in [0.1, 0.15) is 40.0 Å². The number of ketones is 1. The Morgan fingerprint density at radius 1 is 1.13 bits per heavy atom. The number of aliphatic imine (C=N–C) groups is 1. The zero-order valence-electron chi connectivity index (χ0n) is 16.8. The highest BCUT2D eigenvalue weighted by Gasteiger charge is 2.17. The van der Waals surface area contributed by atoms with E-state index in [9.17, 15) is 4.79 Å². The van der Waals surface area contributed by atoms with Crippen molar-refractivity contribution in [1.82, 2.24) is 9.88 Å². The van der Waals surface area contributed by atoms with E-state index in [-0.39, 0.29) is 11.7 Å². The van der Waals surface area contributed by atoms with Crippen LogP contribution in [0.3, 0.4) is 0 Å². The molecule has 0 aliphatic carbocycles. The molecule has 3 aromatic rings. The summed E-state index contributed by atoms with van der Waals surface area (Å²) in [5.74, 6) is 0.534. The molecule has 2 N–H and O–H groups in total. The maximum atomic E-state index is 12.8. The molecule has 0 spiro atoms. The summed E-state index contributed by atoms with van der Waals surface area (Å²) < 4.78 is 5.35. The maximum Gasteiger partial charge on any atom is 0.212 e. The van der Waals surface area contributed by atoms with E-state index in [4.69, 9.17) is 10.5 Å². The maximum absolute atomic E-state index is 12.8. The quantitative estimate of drug-likeness (QED) is 0.386. The van der Waals surface area contributed by atoms with Crippen molar-refractivity contribution in [3.05, 3.63) is 82.4 Å². The summed E-state index contributed by atoms with van der Waals surface area (Å²) in [5.41, 5.74) is 9.45. The molecular formula is C23H24N4O2S. The number of carbonyl (C=O) groups excluding carboxylic acids is 1. The van der Waals surface area contributed by atoms with Gasteiger partial charge >= 0.3 is 0 Å². The van der Waals surface area contributed by atoms with Crippen LogP contribution in [0.5, 0.6) is 0 Å². The lowest BCUT2D eigenvalue weighted by Gasteiger charge is -2.27. The van der Waals surface area contributed by atoms with Gasteiger partial charge in [-0.2, -0.15) is 4.99 Å². The third kappa shape index (κ3) is 4.58. The van der Waals surface area contributed by atoms with Crippen LogP contribution in [-0.2, 0) is 4.74 Å². The third-order valence-corrected chi connectivity index (χ3v) is 5.94. The van der Waals surface area contributed by atoms with Gasteiger partial charge in [-0.3, -0.25) is 4.79 Å². The van der Waals surface area contributed by atoms with Gasteiger partial charge in [-0.15, -0.1) is 11.3 Å². The Morgan fingerprint density at radius 3 is 2.63 bits per heavy atom. The van der Waals surface area contributed by atoms with Crippen molar-refractivity contribution in [1.29, 1.82) is 0 Å². The smallest absolute Gasteiger partial charge is 0.212 e. The lowest BCUT2D eigenvalue weighted by molar-refractivity contribution is 0.0675. The molecule has 1 aliphatic rings. The standard InChI is InChI=1S/C23H24N4O2S/c1-16(18-8-5-9-19(14-18)21(28)17-6-3-2-4-7-17)20-15-30-23(25-20)26-22(24)27-10-12-29-13-11-27/h2-9,14-16H,10-13H2,1H3,(H2,24,25,26). The molecule has 4 rings (SSSR count). The molecule has 1 atom stereocenters. The molecule has 0 amide bonds. The van der Waals surface area contributed by atoms with Gasteiger partial charge in [0, 0.05) is 35.5 Å². The van der Waals surface area contributed by atoms with Crippen molar-refractivity contribution < 1.29 is 9.53 Å². The minimum Gasteiger partial charge on any atom is -0.378 e. The molecule has 1 saturated heterocycles. The molecule has 0 bridgehead atoms. The molecule has 7 heteroatoms. The van der Waals surface area contributed by atoms with Crippen LogP contribution in [0.4, 0.5) is 5.13 Å². The van der Waals surface area contributed by atoms with Gasteiger partial charge in [-0.05, 0) is 11.6 Å². The number of ether oxygens (including phenoxy) is 1. The molecule has 2 aromatic carbocycles. The molecule has 0 radical (unpaired) electrons. The number of guanidine groups is 1. The van der Waals surface area contributed by atoms with Crippen LogP contribution in [0.25, 0.3) is 0 Å². The van der Waals surface area contributed by atoms with Crippen molar-refractivity contribution in [2.45, 2.75) is 12.8 Å². The Bertz CT molecular complexity index is 1040. The number of morpholine rings is 1. The molecule has 1 aromatic heterocycles. The van der Waals surface area contributed by atoms with Crippen LogP contribution < -0.4 is 5.73 Å². The highest BCUT2D eigenvalue weighted by molar-refractivity contribution is 7.13. The van der Waals surface area contributed by atoms with E-state index in [1.54, 1.807) is 0 Å². The van der Waals surface area contributed by atoms with E-state index >= 15 is 0 Å². The fraction of sp³-hybridized carbons (Fsp3) is 0.261. The van der Waals surface area contributed by atoms with Gasteiger partial charge in [-0.1, -0.05) is 55.5 Å². The summed E-state index contributed by atoms with van der Waals surface area (Å²) in [7, 11) is 0. The molecule has 6 nitrogen and oxygen atoms in total. The minimum atomic E-state index is 0.0199. The van der Waals surface area contributed by atoms with Crippen LogP contribution in [0.2, 0.25) is 0 Å². The van der Waals surface area contributed by atoms with Crippen molar-refractivity contribution in [3.8, 4) is 0 Å². The molecule has 30 heavy (non-hydrogen) atoms. The van der Waals surface area contributed by atoms with Crippen molar-refractivity contribution in [2.75, 3.05) is 26.3 Å². The lowest BCUT2D eigenvalue weighted by Crippen LogP contribution is -2.44. The van der Waals surface area contributed by atoms with Crippen molar-refractivity contribution in [2.24, 2.45) is 10.7 Å². The number of nitrogens with zero attached hydrogens (tertiary/aromatic N) is 3. The van der Waals surface area contributed by atoms with E-state index in [0.29, 0.717) is 35.4 Å². The van der Waals surface area contributed by atoms with Crippen LogP contribution in [0, 0.1) is 0 Å². The number of thiazole rings is 1. The van der Waals surface area contributed by atoms with Gasteiger partial charge in [0.05, 0.1) is 18.9 Å². The number of benzene rings is 2. The number of aromatic nitrogens is 1. The zero-order valence-corrected chi connectivity index (χ0v) is 17.6. The molecule has 2 heterocycles. The summed E-state index contributed by atoms with van der Waals surface area (Å²) in [6.45, 7) is 4.89. The molecule has 1 fully saturated rings. The molecule has 154 valence electrons. The summed E-state index contributed by atoms with van der Waals surface area (Å²) in [6.07, 6.45) is 0. The first-order chi connectivity index (χ1) is 14.6. The summed E-state index contributed by atoms with van der Waals surface area (Å²) in [5, 5.41) is 2.64. The van der Waals surface area contributed by atoms with E-state index in [2.05, 4.69) is 16.9 Å². The minimum absolute atomic E-state index is 0.0199. The lowest BCUT2D eigenvalue weighted by atomic mass is 9.94. The fourth-order valence-corrected chi connectivity index (χ4v) is 4.15. The Hall–Kier alpha value is -3.03. The zero-order chi connectivity index (χ0) is 20.9. The summed E-state index contributed by atoms with van der Waals surface area (Å²) in [6, 6.07) is 17.1. The predicted molar refractivity (Wildman–Crippen MR) is 120 cm³/mol.